The van der Waals surface area contributed by atoms with E-state index >= 15 is 0 Å². The lowest BCUT2D eigenvalue weighted by atomic mass is 10.1. The lowest BCUT2D eigenvalue weighted by Crippen LogP contribution is -2.30. The van der Waals surface area contributed by atoms with E-state index < -0.39 is 23.0 Å². The first-order chi connectivity index (χ1) is 14.8. The molecule has 0 saturated heterocycles. The topological polar surface area (TPSA) is 108 Å². The number of aryl methyl sites for hydroxylation is 2. The summed E-state index contributed by atoms with van der Waals surface area (Å²) < 4.78 is 0.991. The number of amides is 1. The molecule has 31 heavy (non-hydrogen) atoms. The van der Waals surface area contributed by atoms with Crippen LogP contribution in [0.3, 0.4) is 0 Å². The molecule has 0 atom stereocenters. The molecule has 156 valence electrons. The minimum absolute atomic E-state index is 0.149. The van der Waals surface area contributed by atoms with Gasteiger partial charge in [-0.15, -0.1) is 0 Å². The van der Waals surface area contributed by atoms with Crippen LogP contribution in [0, 0.1) is 13.8 Å². The number of aromatic nitrogens is 2. The smallest absolute Gasteiger partial charge is 0.335 e. The van der Waals surface area contributed by atoms with Crippen molar-refractivity contribution in [1.29, 1.82) is 0 Å². The van der Waals surface area contributed by atoms with Crippen molar-refractivity contribution in [2.75, 3.05) is 5.01 Å². The summed E-state index contributed by atoms with van der Waals surface area (Å²) in [6.07, 6.45) is 1.26. The molecule has 4 rings (SSSR count). The van der Waals surface area contributed by atoms with Gasteiger partial charge in [-0.05, 0) is 56.7 Å². The maximum atomic E-state index is 13.0. The van der Waals surface area contributed by atoms with Gasteiger partial charge in [-0.2, -0.15) is 10.1 Å². The summed E-state index contributed by atoms with van der Waals surface area (Å²) in [4.78, 5) is 40.0. The highest BCUT2D eigenvalue weighted by Crippen LogP contribution is 2.26. The molecule has 8 heteroatoms. The minimum atomic E-state index is -0.798. The Balaban J connectivity index is 1.82. The van der Waals surface area contributed by atoms with E-state index in [4.69, 9.17) is 0 Å². The molecule has 2 N–H and O–H groups in total. The van der Waals surface area contributed by atoms with Crippen LogP contribution in [-0.2, 0) is 4.79 Å². The van der Waals surface area contributed by atoms with Crippen LogP contribution in [0.25, 0.3) is 11.8 Å². The van der Waals surface area contributed by atoms with Crippen molar-refractivity contribution >= 4 is 23.4 Å². The average Bonchev–Trinajstić information content (AvgIpc) is 2.99. The van der Waals surface area contributed by atoms with Crippen LogP contribution in [0.4, 0.5) is 5.69 Å². The molecule has 0 aliphatic carbocycles. The predicted molar refractivity (Wildman–Crippen MR) is 119 cm³/mol. The molecule has 2 aromatic carbocycles. The van der Waals surface area contributed by atoms with Crippen LogP contribution in [0.15, 0.2) is 68.8 Å². The maximum absolute atomic E-state index is 13.0. The van der Waals surface area contributed by atoms with Gasteiger partial charge in [0.2, 0.25) is 5.88 Å². The fraction of sp³-hybridized carbons (Fsp3) is 0.130. The Morgan fingerprint density at radius 1 is 0.935 bits per heavy atom. The van der Waals surface area contributed by atoms with Crippen molar-refractivity contribution in [2.24, 2.45) is 5.10 Å². The number of hydrogen-bond donors (Lipinski definition) is 2. The highest BCUT2D eigenvalue weighted by atomic mass is 16.3. The molecule has 1 amide bonds. The van der Waals surface area contributed by atoms with Crippen LogP contribution in [-0.4, -0.2) is 26.3 Å². The molecule has 8 nitrogen and oxygen atoms in total. The van der Waals surface area contributed by atoms with Crippen LogP contribution >= 0.6 is 0 Å². The molecule has 2 heterocycles. The van der Waals surface area contributed by atoms with E-state index in [-0.39, 0.29) is 11.1 Å². The van der Waals surface area contributed by atoms with Gasteiger partial charge in [-0.1, -0.05) is 29.8 Å². The van der Waals surface area contributed by atoms with Crippen LogP contribution in [0.5, 0.6) is 5.88 Å². The minimum Gasteiger partial charge on any atom is -0.494 e. The van der Waals surface area contributed by atoms with Crippen LogP contribution < -0.4 is 16.3 Å². The van der Waals surface area contributed by atoms with E-state index in [1.807, 2.05) is 32.0 Å². The predicted octanol–water partition coefficient (Wildman–Crippen LogP) is 2.65. The number of carbonyl (C=O) groups is 1. The average molecular weight is 416 g/mol. The van der Waals surface area contributed by atoms with Crippen molar-refractivity contribution in [3.05, 3.63) is 91.6 Å². The first-order valence-electron chi connectivity index (χ1n) is 9.60. The Hall–Kier alpha value is -4.20. The molecule has 0 bridgehead atoms. The third kappa shape index (κ3) is 3.59. The first-order valence-corrected chi connectivity index (χ1v) is 9.60. The normalized spacial score (nSPS) is 14.9. The number of hydrogen-bond acceptors (Lipinski definition) is 5. The number of nitrogens with one attached hydrogen (secondary N) is 1. The second-order valence-electron chi connectivity index (χ2n) is 7.37. The van der Waals surface area contributed by atoms with Gasteiger partial charge in [0, 0.05) is 0 Å². The van der Waals surface area contributed by atoms with Crippen molar-refractivity contribution in [3.8, 4) is 11.6 Å². The molecule has 1 aromatic heterocycles. The second-order valence-corrected chi connectivity index (χ2v) is 7.37. The zero-order valence-corrected chi connectivity index (χ0v) is 17.2. The Kier molecular flexibility index (Phi) is 4.90. The SMILES string of the molecule is CC1=NN(c2ccc(C)cc2)C(=O)/C1=C/c1c(O)n(-c2cccc(C)c2)c(=O)[nH]c1=O. The number of aromatic amines is 1. The Bertz CT molecular complexity index is 1380. The van der Waals surface area contributed by atoms with Gasteiger partial charge in [0.15, 0.2) is 0 Å². The molecule has 0 saturated carbocycles. The molecule has 1 aliphatic rings. The van der Waals surface area contributed by atoms with E-state index in [9.17, 15) is 19.5 Å². The number of carbonyl (C=O) groups excluding carboxylic acids is 1. The summed E-state index contributed by atoms with van der Waals surface area (Å²) in [6.45, 7) is 5.42. The summed E-state index contributed by atoms with van der Waals surface area (Å²) in [5, 5.41) is 16.3. The maximum Gasteiger partial charge on any atom is 0.335 e. The number of rotatable bonds is 3. The molecular formula is C23H20N4O4. The van der Waals surface area contributed by atoms with E-state index in [1.165, 1.54) is 11.1 Å². The van der Waals surface area contributed by atoms with Gasteiger partial charge in [-0.3, -0.25) is 14.6 Å². The van der Waals surface area contributed by atoms with Gasteiger partial charge in [0.25, 0.3) is 11.5 Å². The van der Waals surface area contributed by atoms with E-state index in [2.05, 4.69) is 10.1 Å². The summed E-state index contributed by atoms with van der Waals surface area (Å²) >= 11 is 0. The zero-order chi connectivity index (χ0) is 22.3. The van der Waals surface area contributed by atoms with Crippen molar-refractivity contribution in [3.63, 3.8) is 0 Å². The van der Waals surface area contributed by atoms with Gasteiger partial charge in [-0.25, -0.2) is 9.36 Å². The van der Waals surface area contributed by atoms with Gasteiger partial charge in [0.05, 0.1) is 22.7 Å². The third-order valence-electron chi connectivity index (χ3n) is 5.01. The number of nitrogens with zero attached hydrogens (tertiary/aromatic N) is 3. The molecular weight excluding hydrogens is 396 g/mol. The Morgan fingerprint density at radius 2 is 1.65 bits per heavy atom. The number of benzene rings is 2. The largest absolute Gasteiger partial charge is 0.494 e. The number of aromatic hydroxyl groups is 1. The fourth-order valence-corrected chi connectivity index (χ4v) is 3.36. The highest BCUT2D eigenvalue weighted by Gasteiger charge is 2.29. The quantitative estimate of drug-likeness (QED) is 0.640. The monoisotopic (exact) mass is 416 g/mol. The lowest BCUT2D eigenvalue weighted by Gasteiger charge is -2.12. The number of anilines is 1. The third-order valence-corrected chi connectivity index (χ3v) is 5.01. The number of hydrazone groups is 1. The van der Waals surface area contributed by atoms with Crippen LogP contribution in [0.2, 0.25) is 0 Å². The first kappa shape index (κ1) is 20.1. The summed E-state index contributed by atoms with van der Waals surface area (Å²) in [5.74, 6) is -0.991. The van der Waals surface area contributed by atoms with Crippen molar-refractivity contribution in [2.45, 2.75) is 20.8 Å². The Labute approximate surface area is 177 Å². The van der Waals surface area contributed by atoms with E-state index in [0.29, 0.717) is 17.1 Å². The van der Waals surface area contributed by atoms with E-state index in [1.54, 1.807) is 37.3 Å². The van der Waals surface area contributed by atoms with Gasteiger partial charge < -0.3 is 5.11 Å². The molecule has 0 radical (unpaired) electrons. The van der Waals surface area contributed by atoms with Crippen LogP contribution in [0.1, 0.15) is 23.6 Å². The summed E-state index contributed by atoms with van der Waals surface area (Å²) in [5.41, 5.74) is 1.65. The summed E-state index contributed by atoms with van der Waals surface area (Å²) in [7, 11) is 0. The summed E-state index contributed by atoms with van der Waals surface area (Å²) in [6, 6.07) is 14.2. The Morgan fingerprint density at radius 3 is 2.32 bits per heavy atom. The van der Waals surface area contributed by atoms with Crippen molar-refractivity contribution in [1.82, 2.24) is 9.55 Å². The van der Waals surface area contributed by atoms with Gasteiger partial charge in [0.1, 0.15) is 5.56 Å². The standard InChI is InChI=1S/C23H20N4O4/c1-13-7-9-16(10-8-13)27-22(30)18(15(3)25-27)12-19-20(28)24-23(31)26(21(19)29)17-6-4-5-14(2)11-17/h4-12,29H,1-3H3,(H,24,28,31)/b18-12+. The van der Waals surface area contributed by atoms with E-state index in [0.717, 1.165) is 15.7 Å². The molecule has 1 aliphatic heterocycles. The zero-order valence-electron chi connectivity index (χ0n) is 17.2. The van der Waals surface area contributed by atoms with Gasteiger partial charge >= 0.3 is 5.69 Å². The molecule has 0 spiro atoms. The highest BCUT2D eigenvalue weighted by molar-refractivity contribution is 6.32. The molecule has 0 fully saturated rings. The fourth-order valence-electron chi connectivity index (χ4n) is 3.36. The second kappa shape index (κ2) is 7.56. The molecule has 0 unspecified atom stereocenters. The lowest BCUT2D eigenvalue weighted by molar-refractivity contribution is -0.114. The molecule has 3 aromatic rings. The van der Waals surface area contributed by atoms with Crippen molar-refractivity contribution < 1.29 is 9.90 Å². The number of H-pyrrole nitrogens is 1.